The molecule has 3 N–H and O–H groups in total. The molecule has 16 heavy (non-hydrogen) atoms. The summed E-state index contributed by atoms with van der Waals surface area (Å²) in [5.41, 5.74) is 0. The molecule has 0 aliphatic heterocycles. The van der Waals surface area contributed by atoms with Crippen molar-refractivity contribution >= 4 is 17.3 Å². The van der Waals surface area contributed by atoms with Gasteiger partial charge in [0.1, 0.15) is 0 Å². The molecule has 0 radical (unpaired) electrons. The van der Waals surface area contributed by atoms with Crippen molar-refractivity contribution in [2.75, 3.05) is 6.54 Å². The quantitative estimate of drug-likeness (QED) is 0.630. The van der Waals surface area contributed by atoms with E-state index in [0.29, 0.717) is 0 Å². The van der Waals surface area contributed by atoms with E-state index in [1.807, 2.05) is 12.1 Å². The Labute approximate surface area is 98.9 Å². The van der Waals surface area contributed by atoms with Crippen molar-refractivity contribution in [3.63, 3.8) is 0 Å². The first-order valence-electron chi connectivity index (χ1n) is 5.26. The second-order valence-corrected chi connectivity index (χ2v) is 5.01. The standard InChI is InChI=1S/C11H17NO3S/c1-8(13)4-5-12-7-10-3-2-9(16-10)6-11(14)15/h2-3,8,12-13H,4-7H2,1H3,(H,14,15). The SMILES string of the molecule is CC(O)CCNCc1ccc(CC(=O)O)s1. The zero-order valence-electron chi connectivity index (χ0n) is 9.27. The van der Waals surface area contributed by atoms with Crippen LogP contribution >= 0.6 is 11.3 Å². The second kappa shape index (κ2) is 6.62. The Morgan fingerprint density at radius 1 is 1.50 bits per heavy atom. The van der Waals surface area contributed by atoms with Crippen LogP contribution in [0.1, 0.15) is 23.1 Å². The predicted octanol–water partition coefficient (Wildman–Crippen LogP) is 1.24. The van der Waals surface area contributed by atoms with Gasteiger partial charge in [0.25, 0.3) is 0 Å². The lowest BCUT2D eigenvalue weighted by atomic mass is 10.3. The summed E-state index contributed by atoms with van der Waals surface area (Å²) >= 11 is 1.51. The number of rotatable bonds is 7. The fourth-order valence-electron chi connectivity index (χ4n) is 1.28. The van der Waals surface area contributed by atoms with E-state index in [4.69, 9.17) is 10.2 Å². The molecule has 1 aromatic rings. The third kappa shape index (κ3) is 5.25. The Morgan fingerprint density at radius 2 is 2.19 bits per heavy atom. The summed E-state index contributed by atoms with van der Waals surface area (Å²) in [7, 11) is 0. The summed E-state index contributed by atoms with van der Waals surface area (Å²) in [5, 5.41) is 20.9. The molecule has 1 unspecified atom stereocenters. The van der Waals surface area contributed by atoms with Gasteiger partial charge >= 0.3 is 5.97 Å². The van der Waals surface area contributed by atoms with Crippen molar-refractivity contribution in [1.29, 1.82) is 0 Å². The fraction of sp³-hybridized carbons (Fsp3) is 0.545. The average molecular weight is 243 g/mol. The summed E-state index contributed by atoms with van der Waals surface area (Å²) in [6.45, 7) is 3.26. The Balaban J connectivity index is 2.26. The molecule has 1 rings (SSSR count). The molecule has 0 fully saturated rings. The van der Waals surface area contributed by atoms with E-state index >= 15 is 0 Å². The summed E-state index contributed by atoms with van der Waals surface area (Å²) in [6, 6.07) is 3.79. The number of aliphatic hydroxyl groups excluding tert-OH is 1. The topological polar surface area (TPSA) is 69.6 Å². The minimum Gasteiger partial charge on any atom is -0.481 e. The molecule has 1 atom stereocenters. The molecule has 0 spiro atoms. The molecular weight excluding hydrogens is 226 g/mol. The third-order valence-corrected chi connectivity index (χ3v) is 3.17. The zero-order chi connectivity index (χ0) is 12.0. The Kier molecular flexibility index (Phi) is 5.45. The van der Waals surface area contributed by atoms with Crippen LogP contribution < -0.4 is 5.32 Å². The van der Waals surface area contributed by atoms with Gasteiger partial charge in [-0.3, -0.25) is 4.79 Å². The molecule has 1 heterocycles. The lowest BCUT2D eigenvalue weighted by Gasteiger charge is -2.04. The number of carboxylic acid groups (broad SMARTS) is 1. The third-order valence-electron chi connectivity index (χ3n) is 2.08. The van der Waals surface area contributed by atoms with Crippen molar-refractivity contribution < 1.29 is 15.0 Å². The van der Waals surface area contributed by atoms with E-state index < -0.39 is 5.97 Å². The maximum atomic E-state index is 10.5. The highest BCUT2D eigenvalue weighted by Gasteiger charge is 2.04. The number of nitrogens with one attached hydrogen (secondary N) is 1. The molecule has 4 nitrogen and oxygen atoms in total. The average Bonchev–Trinajstić information content (AvgIpc) is 2.59. The molecule has 0 aliphatic rings. The molecule has 0 aliphatic carbocycles. The number of carbonyl (C=O) groups is 1. The highest BCUT2D eigenvalue weighted by atomic mass is 32.1. The minimum atomic E-state index is -0.796. The summed E-state index contributed by atoms with van der Waals surface area (Å²) in [6.07, 6.45) is 0.546. The summed E-state index contributed by atoms with van der Waals surface area (Å²) in [4.78, 5) is 12.5. The van der Waals surface area contributed by atoms with E-state index in [1.165, 1.54) is 11.3 Å². The molecule has 0 amide bonds. The minimum absolute atomic E-state index is 0.0956. The summed E-state index contributed by atoms with van der Waals surface area (Å²) in [5.74, 6) is -0.796. The first-order valence-corrected chi connectivity index (χ1v) is 6.07. The second-order valence-electron chi connectivity index (χ2n) is 3.75. The van der Waals surface area contributed by atoms with Crippen LogP contribution in [0.2, 0.25) is 0 Å². The van der Waals surface area contributed by atoms with E-state index in [0.717, 1.165) is 29.3 Å². The maximum absolute atomic E-state index is 10.5. The van der Waals surface area contributed by atoms with Gasteiger partial charge in [-0.25, -0.2) is 0 Å². The number of hydrogen-bond donors (Lipinski definition) is 3. The maximum Gasteiger partial charge on any atom is 0.308 e. The Morgan fingerprint density at radius 3 is 2.81 bits per heavy atom. The van der Waals surface area contributed by atoms with E-state index in [1.54, 1.807) is 6.92 Å². The van der Waals surface area contributed by atoms with Crippen LogP contribution in [0.5, 0.6) is 0 Å². The van der Waals surface area contributed by atoms with Crippen LogP contribution in [0, 0.1) is 0 Å². The van der Waals surface area contributed by atoms with Crippen LogP contribution in [-0.2, 0) is 17.8 Å². The number of thiophene rings is 1. The van der Waals surface area contributed by atoms with Crippen LogP contribution in [0.15, 0.2) is 12.1 Å². The van der Waals surface area contributed by atoms with Crippen molar-refractivity contribution in [3.8, 4) is 0 Å². The number of hydrogen-bond acceptors (Lipinski definition) is 4. The Hall–Kier alpha value is -0.910. The number of carboxylic acids is 1. The molecule has 1 aromatic heterocycles. The van der Waals surface area contributed by atoms with Gasteiger partial charge in [-0.05, 0) is 32.0 Å². The van der Waals surface area contributed by atoms with Crippen molar-refractivity contribution in [2.24, 2.45) is 0 Å². The molecule has 0 bridgehead atoms. The van der Waals surface area contributed by atoms with E-state index in [2.05, 4.69) is 5.32 Å². The predicted molar refractivity (Wildman–Crippen MR) is 63.7 cm³/mol. The van der Waals surface area contributed by atoms with Gasteiger partial charge in [-0.1, -0.05) is 0 Å². The highest BCUT2D eigenvalue weighted by molar-refractivity contribution is 7.12. The largest absolute Gasteiger partial charge is 0.481 e. The summed E-state index contributed by atoms with van der Waals surface area (Å²) < 4.78 is 0. The van der Waals surface area contributed by atoms with Gasteiger partial charge in [0, 0.05) is 16.3 Å². The van der Waals surface area contributed by atoms with E-state index in [-0.39, 0.29) is 12.5 Å². The fourth-order valence-corrected chi connectivity index (χ4v) is 2.26. The molecular formula is C11H17NO3S. The van der Waals surface area contributed by atoms with Gasteiger partial charge in [-0.2, -0.15) is 0 Å². The van der Waals surface area contributed by atoms with Crippen molar-refractivity contribution in [2.45, 2.75) is 32.4 Å². The molecule has 0 saturated heterocycles. The van der Waals surface area contributed by atoms with Gasteiger partial charge < -0.3 is 15.5 Å². The highest BCUT2D eigenvalue weighted by Crippen LogP contribution is 2.16. The van der Waals surface area contributed by atoms with Crippen LogP contribution in [0.4, 0.5) is 0 Å². The number of aliphatic carboxylic acids is 1. The lowest BCUT2D eigenvalue weighted by molar-refractivity contribution is -0.136. The molecule has 5 heteroatoms. The van der Waals surface area contributed by atoms with Crippen LogP contribution in [-0.4, -0.2) is 28.8 Å². The normalized spacial score (nSPS) is 12.6. The molecule has 90 valence electrons. The van der Waals surface area contributed by atoms with Crippen LogP contribution in [0.25, 0.3) is 0 Å². The molecule has 0 aromatic carbocycles. The van der Waals surface area contributed by atoms with Gasteiger partial charge in [0.2, 0.25) is 0 Å². The zero-order valence-corrected chi connectivity index (χ0v) is 10.1. The first kappa shape index (κ1) is 13.2. The van der Waals surface area contributed by atoms with E-state index in [9.17, 15) is 4.79 Å². The smallest absolute Gasteiger partial charge is 0.308 e. The molecule has 0 saturated carbocycles. The number of aliphatic hydroxyl groups is 1. The van der Waals surface area contributed by atoms with Gasteiger partial charge in [0.05, 0.1) is 12.5 Å². The Bertz CT molecular complexity index is 336. The lowest BCUT2D eigenvalue weighted by Crippen LogP contribution is -2.17. The first-order chi connectivity index (χ1) is 7.58. The van der Waals surface area contributed by atoms with Crippen molar-refractivity contribution in [1.82, 2.24) is 5.32 Å². The monoisotopic (exact) mass is 243 g/mol. The van der Waals surface area contributed by atoms with Crippen LogP contribution in [0.3, 0.4) is 0 Å². The van der Waals surface area contributed by atoms with Gasteiger partial charge in [-0.15, -0.1) is 11.3 Å². The van der Waals surface area contributed by atoms with Crippen molar-refractivity contribution in [3.05, 3.63) is 21.9 Å². The van der Waals surface area contributed by atoms with Gasteiger partial charge in [0.15, 0.2) is 0 Å².